The lowest BCUT2D eigenvalue weighted by Crippen LogP contribution is -2.38. The van der Waals surface area contributed by atoms with Crippen LogP contribution in [0.25, 0.3) is 0 Å². The summed E-state index contributed by atoms with van der Waals surface area (Å²) in [5.41, 5.74) is 3.14. The number of rotatable bonds is 7. The number of allylic oxidation sites excluding steroid dienone is 3. The summed E-state index contributed by atoms with van der Waals surface area (Å²) in [6.07, 6.45) is 1.13. The second kappa shape index (κ2) is 9.39. The molecule has 1 heterocycles. The lowest BCUT2D eigenvalue weighted by atomic mass is 9.68. The van der Waals surface area contributed by atoms with E-state index in [0.717, 1.165) is 17.2 Å². The van der Waals surface area contributed by atoms with Crippen LogP contribution >= 0.6 is 11.8 Å². The van der Waals surface area contributed by atoms with Crippen LogP contribution in [0, 0.1) is 5.41 Å². The molecule has 0 unspecified atom stereocenters. The number of nitrogens with one attached hydrogen (secondary N) is 1. The molecule has 1 aliphatic carbocycles. The standard InChI is InChI=1S/C24H31NO5S/c1-6-31-10-9-30-23(28)20-14(2)25-16-12-24(3,4)13-18(27)22(16)21(20)15-7-8-17(26)19(11-15)29-5/h7-8,11,21,25-26H,6,9-10,12-13H2,1-5H3/t21-/m0/s1. The summed E-state index contributed by atoms with van der Waals surface area (Å²) in [5, 5.41) is 13.4. The van der Waals surface area contributed by atoms with Crippen molar-refractivity contribution < 1.29 is 24.2 Å². The number of ether oxygens (including phenoxy) is 2. The zero-order chi connectivity index (χ0) is 22.8. The van der Waals surface area contributed by atoms with E-state index in [1.54, 1.807) is 23.9 Å². The molecule has 0 fully saturated rings. The topological polar surface area (TPSA) is 84.9 Å². The van der Waals surface area contributed by atoms with Crippen LogP contribution in [-0.4, -0.2) is 42.1 Å². The number of aromatic hydroxyl groups is 1. The van der Waals surface area contributed by atoms with Crippen molar-refractivity contribution in [2.45, 2.75) is 46.5 Å². The molecule has 1 atom stereocenters. The summed E-state index contributed by atoms with van der Waals surface area (Å²) in [7, 11) is 1.47. The number of thioether (sulfide) groups is 1. The van der Waals surface area contributed by atoms with Crippen molar-refractivity contribution in [1.29, 1.82) is 0 Å². The molecule has 3 rings (SSSR count). The Hall–Kier alpha value is -2.41. The third-order valence-electron chi connectivity index (χ3n) is 5.66. The SMILES string of the molecule is CCSCCOC(=O)C1=C(C)NC2=C(C(=O)CC(C)(C)C2)[C@H]1c1ccc(O)c(OC)c1. The van der Waals surface area contributed by atoms with E-state index < -0.39 is 11.9 Å². The molecular weight excluding hydrogens is 414 g/mol. The molecule has 168 valence electrons. The first-order valence-corrected chi connectivity index (χ1v) is 11.7. The highest BCUT2D eigenvalue weighted by atomic mass is 32.2. The first kappa shape index (κ1) is 23.3. The molecule has 0 aromatic heterocycles. The monoisotopic (exact) mass is 445 g/mol. The maximum atomic E-state index is 13.3. The van der Waals surface area contributed by atoms with Gasteiger partial charge in [0.1, 0.15) is 6.61 Å². The van der Waals surface area contributed by atoms with Crippen LogP contribution in [0.1, 0.15) is 52.0 Å². The number of methoxy groups -OCH3 is 1. The van der Waals surface area contributed by atoms with Crippen molar-refractivity contribution in [2.75, 3.05) is 25.2 Å². The van der Waals surface area contributed by atoms with Crippen LogP contribution in [0.15, 0.2) is 40.7 Å². The van der Waals surface area contributed by atoms with E-state index in [0.29, 0.717) is 47.6 Å². The van der Waals surface area contributed by atoms with Crippen molar-refractivity contribution in [3.63, 3.8) is 0 Å². The van der Waals surface area contributed by atoms with Gasteiger partial charge >= 0.3 is 5.97 Å². The predicted octanol–water partition coefficient (Wildman–Crippen LogP) is 4.30. The van der Waals surface area contributed by atoms with Crippen LogP contribution in [0.5, 0.6) is 11.5 Å². The molecule has 0 saturated carbocycles. The Labute approximate surface area is 188 Å². The van der Waals surface area contributed by atoms with Gasteiger partial charge in [-0.2, -0.15) is 11.8 Å². The van der Waals surface area contributed by atoms with E-state index in [9.17, 15) is 14.7 Å². The Morgan fingerprint density at radius 2 is 2.06 bits per heavy atom. The molecule has 0 spiro atoms. The summed E-state index contributed by atoms with van der Waals surface area (Å²) in [6.45, 7) is 8.36. The second-order valence-electron chi connectivity index (χ2n) is 8.69. The van der Waals surface area contributed by atoms with Crippen LogP contribution in [0.4, 0.5) is 0 Å². The van der Waals surface area contributed by atoms with Crippen LogP contribution in [0.2, 0.25) is 0 Å². The molecule has 1 aromatic rings. The van der Waals surface area contributed by atoms with Gasteiger partial charge in [-0.1, -0.05) is 26.8 Å². The summed E-state index contributed by atoms with van der Waals surface area (Å²) in [6, 6.07) is 4.96. The van der Waals surface area contributed by atoms with Crippen molar-refractivity contribution >= 4 is 23.5 Å². The highest BCUT2D eigenvalue weighted by Crippen LogP contribution is 2.47. The number of ketones is 1. The van der Waals surface area contributed by atoms with Gasteiger partial charge in [0.2, 0.25) is 0 Å². The summed E-state index contributed by atoms with van der Waals surface area (Å²) in [5.74, 6) is 1.01. The second-order valence-corrected chi connectivity index (χ2v) is 10.1. The maximum absolute atomic E-state index is 13.3. The highest BCUT2D eigenvalue weighted by Gasteiger charge is 2.43. The van der Waals surface area contributed by atoms with Crippen LogP contribution in [0.3, 0.4) is 0 Å². The number of esters is 1. The number of phenols is 1. The van der Waals surface area contributed by atoms with Crippen LogP contribution < -0.4 is 10.1 Å². The number of Topliss-reactive ketones (excluding diaryl/α,β-unsaturated/α-hetero) is 1. The predicted molar refractivity (Wildman–Crippen MR) is 122 cm³/mol. The fraction of sp³-hybridized carbons (Fsp3) is 0.500. The molecule has 0 radical (unpaired) electrons. The zero-order valence-corrected chi connectivity index (χ0v) is 19.6. The number of hydrogen-bond acceptors (Lipinski definition) is 7. The number of dihydropyridines is 1. The average molecular weight is 446 g/mol. The minimum atomic E-state index is -0.569. The third kappa shape index (κ3) is 4.92. The maximum Gasteiger partial charge on any atom is 0.336 e. The molecule has 1 aromatic carbocycles. The van der Waals surface area contributed by atoms with E-state index in [1.165, 1.54) is 13.2 Å². The van der Waals surface area contributed by atoms with Crippen molar-refractivity contribution in [3.8, 4) is 11.5 Å². The van der Waals surface area contributed by atoms with Crippen molar-refractivity contribution in [1.82, 2.24) is 5.32 Å². The van der Waals surface area contributed by atoms with Gasteiger partial charge in [0.25, 0.3) is 0 Å². The number of benzene rings is 1. The van der Waals surface area contributed by atoms with Gasteiger partial charge in [0.05, 0.1) is 12.7 Å². The minimum Gasteiger partial charge on any atom is -0.504 e. The molecular formula is C24H31NO5S. The number of carbonyl (C=O) groups excluding carboxylic acids is 2. The number of phenolic OH excluding ortho intramolecular Hbond substituents is 1. The number of carbonyl (C=O) groups is 2. The van der Waals surface area contributed by atoms with E-state index in [1.807, 2.05) is 6.92 Å². The molecule has 2 N–H and O–H groups in total. The van der Waals surface area contributed by atoms with Gasteiger partial charge in [0.15, 0.2) is 17.3 Å². The fourth-order valence-corrected chi connectivity index (χ4v) is 4.82. The summed E-state index contributed by atoms with van der Waals surface area (Å²) in [4.78, 5) is 26.4. The molecule has 1 aliphatic heterocycles. The van der Waals surface area contributed by atoms with E-state index in [4.69, 9.17) is 9.47 Å². The smallest absolute Gasteiger partial charge is 0.336 e. The number of hydrogen-bond donors (Lipinski definition) is 2. The van der Waals surface area contributed by atoms with Gasteiger partial charge in [-0.25, -0.2) is 4.79 Å². The summed E-state index contributed by atoms with van der Waals surface area (Å²) < 4.78 is 10.9. The van der Waals surface area contributed by atoms with Gasteiger partial charge in [-0.3, -0.25) is 4.79 Å². The Morgan fingerprint density at radius 3 is 2.74 bits per heavy atom. The van der Waals surface area contributed by atoms with Gasteiger partial charge in [-0.15, -0.1) is 0 Å². The normalized spacial score (nSPS) is 20.3. The molecule has 0 bridgehead atoms. The lowest BCUT2D eigenvalue weighted by molar-refractivity contribution is -0.138. The molecule has 0 amide bonds. The highest BCUT2D eigenvalue weighted by molar-refractivity contribution is 7.99. The quantitative estimate of drug-likeness (QED) is 0.478. The minimum absolute atomic E-state index is 0.00640. The van der Waals surface area contributed by atoms with Crippen LogP contribution in [-0.2, 0) is 14.3 Å². The average Bonchev–Trinajstić information content (AvgIpc) is 2.69. The fourth-order valence-electron chi connectivity index (χ4n) is 4.33. The molecule has 2 aliphatic rings. The first-order valence-electron chi connectivity index (χ1n) is 10.5. The van der Waals surface area contributed by atoms with E-state index in [2.05, 4.69) is 26.1 Å². The largest absolute Gasteiger partial charge is 0.504 e. The Balaban J connectivity index is 2.07. The molecule has 7 heteroatoms. The molecule has 6 nitrogen and oxygen atoms in total. The third-order valence-corrected chi connectivity index (χ3v) is 6.53. The van der Waals surface area contributed by atoms with E-state index in [-0.39, 0.29) is 16.9 Å². The van der Waals surface area contributed by atoms with Crippen molar-refractivity contribution in [2.24, 2.45) is 5.41 Å². The van der Waals surface area contributed by atoms with Gasteiger partial charge in [-0.05, 0) is 42.2 Å². The zero-order valence-electron chi connectivity index (χ0n) is 18.8. The lowest BCUT2D eigenvalue weighted by Gasteiger charge is -2.39. The van der Waals surface area contributed by atoms with Gasteiger partial charge in [0, 0.05) is 35.1 Å². The van der Waals surface area contributed by atoms with Gasteiger partial charge < -0.3 is 19.9 Å². The Bertz CT molecular complexity index is 947. The first-order chi connectivity index (χ1) is 14.7. The van der Waals surface area contributed by atoms with E-state index >= 15 is 0 Å². The summed E-state index contributed by atoms with van der Waals surface area (Å²) >= 11 is 1.70. The van der Waals surface area contributed by atoms with Crippen molar-refractivity contribution in [3.05, 3.63) is 46.3 Å². The molecule has 0 saturated heterocycles. The Kier molecular flexibility index (Phi) is 7.04. The Morgan fingerprint density at radius 1 is 1.32 bits per heavy atom. The molecule has 31 heavy (non-hydrogen) atoms.